The SMILES string of the molecule is NCCCC(N)(N)C(=O)O. The van der Waals surface area contributed by atoms with Crippen molar-refractivity contribution in [1.29, 1.82) is 0 Å². The first-order chi connectivity index (χ1) is 4.50. The van der Waals surface area contributed by atoms with Crippen LogP contribution in [0.15, 0.2) is 0 Å². The average Bonchev–Trinajstić information content (AvgIpc) is 1.84. The molecule has 5 heteroatoms. The highest BCUT2D eigenvalue weighted by molar-refractivity contribution is 5.77. The van der Waals surface area contributed by atoms with Crippen molar-refractivity contribution in [2.24, 2.45) is 17.2 Å². The van der Waals surface area contributed by atoms with Crippen LogP contribution in [0.25, 0.3) is 0 Å². The Hall–Kier alpha value is -0.650. The van der Waals surface area contributed by atoms with E-state index in [9.17, 15) is 4.79 Å². The van der Waals surface area contributed by atoms with Crippen LogP contribution in [0.1, 0.15) is 12.8 Å². The molecule has 7 N–H and O–H groups in total. The van der Waals surface area contributed by atoms with Crippen LogP contribution in [-0.4, -0.2) is 23.3 Å². The van der Waals surface area contributed by atoms with Crippen LogP contribution in [0.3, 0.4) is 0 Å². The Morgan fingerprint density at radius 3 is 2.30 bits per heavy atom. The second kappa shape index (κ2) is 3.50. The minimum Gasteiger partial charge on any atom is -0.479 e. The molecule has 0 saturated carbocycles. The maximum atomic E-state index is 10.2. The predicted octanol–water partition coefficient (Wildman–Crippen LogP) is -1.58. The topological polar surface area (TPSA) is 115 Å². The molecule has 0 aromatic carbocycles. The quantitative estimate of drug-likeness (QED) is 0.358. The first-order valence-corrected chi connectivity index (χ1v) is 3.02. The van der Waals surface area contributed by atoms with E-state index in [1.807, 2.05) is 0 Å². The van der Waals surface area contributed by atoms with Gasteiger partial charge in [-0.3, -0.25) is 0 Å². The highest BCUT2D eigenvalue weighted by Gasteiger charge is 2.27. The summed E-state index contributed by atoms with van der Waals surface area (Å²) in [5.41, 5.74) is 13.9. The van der Waals surface area contributed by atoms with E-state index in [4.69, 9.17) is 22.3 Å². The van der Waals surface area contributed by atoms with Gasteiger partial charge in [0.2, 0.25) is 0 Å². The maximum Gasteiger partial charge on any atom is 0.338 e. The number of carboxylic acid groups (broad SMARTS) is 1. The molecule has 0 atom stereocenters. The van der Waals surface area contributed by atoms with Gasteiger partial charge >= 0.3 is 5.97 Å². The van der Waals surface area contributed by atoms with Gasteiger partial charge in [-0.1, -0.05) is 0 Å². The van der Waals surface area contributed by atoms with Gasteiger partial charge in [0.15, 0.2) is 5.66 Å². The van der Waals surface area contributed by atoms with Gasteiger partial charge in [0, 0.05) is 0 Å². The highest BCUT2D eigenvalue weighted by atomic mass is 16.4. The van der Waals surface area contributed by atoms with Gasteiger partial charge in [0.1, 0.15) is 0 Å². The summed E-state index contributed by atoms with van der Waals surface area (Å²) < 4.78 is 0. The van der Waals surface area contributed by atoms with Gasteiger partial charge in [-0.25, -0.2) is 4.79 Å². The predicted molar refractivity (Wildman–Crippen MR) is 37.0 cm³/mol. The molecule has 0 unspecified atom stereocenters. The number of nitrogens with two attached hydrogens (primary N) is 3. The molecule has 0 aromatic rings. The number of aliphatic carboxylic acids is 1. The molecule has 0 rings (SSSR count). The summed E-state index contributed by atoms with van der Waals surface area (Å²) in [5.74, 6) is -1.19. The average molecular weight is 147 g/mol. The van der Waals surface area contributed by atoms with E-state index >= 15 is 0 Å². The molecule has 0 radical (unpaired) electrons. The Morgan fingerprint density at radius 2 is 2.00 bits per heavy atom. The minimum absolute atomic E-state index is 0.207. The lowest BCUT2D eigenvalue weighted by Crippen LogP contribution is -2.56. The van der Waals surface area contributed by atoms with E-state index in [-0.39, 0.29) is 6.42 Å². The molecule has 0 fully saturated rings. The highest BCUT2D eigenvalue weighted by Crippen LogP contribution is 2.00. The van der Waals surface area contributed by atoms with Gasteiger partial charge in [-0.15, -0.1) is 0 Å². The lowest BCUT2D eigenvalue weighted by molar-refractivity contribution is -0.143. The number of rotatable bonds is 4. The van der Waals surface area contributed by atoms with Crippen molar-refractivity contribution in [3.8, 4) is 0 Å². The Balaban J connectivity index is 3.75. The number of carbonyl (C=O) groups is 1. The zero-order chi connectivity index (χ0) is 8.20. The monoisotopic (exact) mass is 147 g/mol. The Morgan fingerprint density at radius 1 is 1.50 bits per heavy atom. The Bertz CT molecular complexity index is 124. The molecule has 0 aliphatic heterocycles. The molecule has 0 bridgehead atoms. The van der Waals surface area contributed by atoms with Crippen LogP contribution in [0.2, 0.25) is 0 Å². The molecule has 0 aliphatic carbocycles. The number of hydrogen-bond donors (Lipinski definition) is 4. The fraction of sp³-hybridized carbons (Fsp3) is 0.800. The van der Waals surface area contributed by atoms with Gasteiger partial charge in [0.25, 0.3) is 0 Å². The summed E-state index contributed by atoms with van der Waals surface area (Å²) in [4.78, 5) is 10.2. The molecule has 0 amide bonds. The summed E-state index contributed by atoms with van der Waals surface area (Å²) in [7, 11) is 0. The van der Waals surface area contributed by atoms with E-state index in [1.54, 1.807) is 0 Å². The van der Waals surface area contributed by atoms with Gasteiger partial charge in [0.05, 0.1) is 0 Å². The Kier molecular flexibility index (Phi) is 3.27. The normalized spacial score (nSPS) is 11.5. The van der Waals surface area contributed by atoms with Crippen LogP contribution in [0.4, 0.5) is 0 Å². The van der Waals surface area contributed by atoms with E-state index in [2.05, 4.69) is 0 Å². The van der Waals surface area contributed by atoms with E-state index in [1.165, 1.54) is 0 Å². The van der Waals surface area contributed by atoms with Gasteiger partial charge < -0.3 is 22.3 Å². The van der Waals surface area contributed by atoms with E-state index in [0.717, 1.165) is 0 Å². The van der Waals surface area contributed by atoms with E-state index in [0.29, 0.717) is 13.0 Å². The van der Waals surface area contributed by atoms with Gasteiger partial charge in [-0.2, -0.15) is 0 Å². The zero-order valence-corrected chi connectivity index (χ0v) is 5.71. The fourth-order valence-electron chi connectivity index (χ4n) is 0.502. The summed E-state index contributed by atoms with van der Waals surface area (Å²) in [6.07, 6.45) is 0.734. The smallest absolute Gasteiger partial charge is 0.338 e. The van der Waals surface area contributed by atoms with Crippen LogP contribution in [0.5, 0.6) is 0 Å². The molecule has 0 aromatic heterocycles. The first kappa shape index (κ1) is 9.35. The third kappa shape index (κ3) is 2.77. The lowest BCUT2D eigenvalue weighted by atomic mass is 10.1. The molecule has 0 heterocycles. The van der Waals surface area contributed by atoms with E-state index < -0.39 is 11.6 Å². The van der Waals surface area contributed by atoms with Crippen LogP contribution < -0.4 is 17.2 Å². The zero-order valence-electron chi connectivity index (χ0n) is 5.71. The molecule has 10 heavy (non-hydrogen) atoms. The van der Waals surface area contributed by atoms with Gasteiger partial charge in [-0.05, 0) is 19.4 Å². The maximum absolute atomic E-state index is 10.2. The lowest BCUT2D eigenvalue weighted by Gasteiger charge is -2.17. The van der Waals surface area contributed by atoms with Crippen molar-refractivity contribution in [2.45, 2.75) is 18.5 Å². The second-order valence-electron chi connectivity index (χ2n) is 2.24. The summed E-state index contributed by atoms with van der Waals surface area (Å²) >= 11 is 0. The minimum atomic E-state index is -1.61. The van der Waals surface area contributed by atoms with Crippen molar-refractivity contribution < 1.29 is 9.90 Å². The molecule has 0 aliphatic rings. The molecular weight excluding hydrogens is 134 g/mol. The standard InChI is InChI=1S/C5H13N3O2/c6-3-1-2-5(7,8)4(9)10/h1-3,6-8H2,(H,9,10). The third-order valence-corrected chi connectivity index (χ3v) is 1.19. The molecule has 5 nitrogen and oxygen atoms in total. The number of carboxylic acids is 1. The van der Waals surface area contributed by atoms with Crippen molar-refractivity contribution >= 4 is 5.97 Å². The molecule has 0 saturated heterocycles. The summed E-state index contributed by atoms with van der Waals surface area (Å²) in [6, 6.07) is 0. The van der Waals surface area contributed by atoms with Crippen LogP contribution >= 0.6 is 0 Å². The van der Waals surface area contributed by atoms with Crippen LogP contribution in [0, 0.1) is 0 Å². The molecule has 0 spiro atoms. The molecule has 60 valence electrons. The largest absolute Gasteiger partial charge is 0.479 e. The van der Waals surface area contributed by atoms with Crippen molar-refractivity contribution in [3.63, 3.8) is 0 Å². The summed E-state index contributed by atoms with van der Waals surface area (Å²) in [6.45, 7) is 0.406. The van der Waals surface area contributed by atoms with Crippen LogP contribution in [-0.2, 0) is 4.79 Å². The molecular formula is C5H13N3O2. The van der Waals surface area contributed by atoms with Crippen molar-refractivity contribution in [3.05, 3.63) is 0 Å². The number of hydrogen-bond acceptors (Lipinski definition) is 4. The first-order valence-electron chi connectivity index (χ1n) is 3.02. The fourth-order valence-corrected chi connectivity index (χ4v) is 0.502. The van der Waals surface area contributed by atoms with Crippen molar-refractivity contribution in [1.82, 2.24) is 0 Å². The summed E-state index contributed by atoms with van der Waals surface area (Å²) in [5, 5.41) is 8.38. The third-order valence-electron chi connectivity index (χ3n) is 1.19. The Labute approximate surface area is 59.2 Å². The van der Waals surface area contributed by atoms with Crippen molar-refractivity contribution in [2.75, 3.05) is 6.54 Å². The second-order valence-corrected chi connectivity index (χ2v) is 2.24.